The molecule has 0 saturated heterocycles. The number of nitrogens with zero attached hydrogens (tertiary/aromatic N) is 7. The molecule has 0 aliphatic carbocycles. The zero-order valence-corrected chi connectivity index (χ0v) is 16.2. The predicted octanol–water partition coefficient (Wildman–Crippen LogP) is 2.01. The highest BCUT2D eigenvalue weighted by molar-refractivity contribution is 5.98. The van der Waals surface area contributed by atoms with E-state index in [9.17, 15) is 4.79 Å². The van der Waals surface area contributed by atoms with E-state index in [0.29, 0.717) is 34.8 Å². The summed E-state index contributed by atoms with van der Waals surface area (Å²) in [5.41, 5.74) is 9.76. The number of nitrogens with two attached hydrogens (primary N) is 1. The third-order valence-corrected chi connectivity index (χ3v) is 4.96. The van der Waals surface area contributed by atoms with Crippen molar-refractivity contribution < 1.29 is 0 Å². The highest BCUT2D eigenvalue weighted by atomic mass is 16.2. The summed E-state index contributed by atoms with van der Waals surface area (Å²) in [6.07, 6.45) is 2.97. The van der Waals surface area contributed by atoms with Gasteiger partial charge in [-0.1, -0.05) is 42.5 Å². The molecule has 0 saturated carbocycles. The smallest absolute Gasteiger partial charge is 0.350 e. The van der Waals surface area contributed by atoms with Crippen LogP contribution >= 0.6 is 0 Å². The minimum absolute atomic E-state index is 0.201. The molecular formula is C21H18N8O. The lowest BCUT2D eigenvalue weighted by Gasteiger charge is -2.03. The molecular weight excluding hydrogens is 380 g/mol. The Balaban J connectivity index is 1.49. The second-order valence-electron chi connectivity index (χ2n) is 6.92. The highest BCUT2D eigenvalue weighted by Crippen LogP contribution is 2.29. The number of benzene rings is 2. The van der Waals surface area contributed by atoms with Gasteiger partial charge in [-0.2, -0.15) is 14.9 Å². The van der Waals surface area contributed by atoms with Crippen molar-refractivity contribution in [2.45, 2.75) is 6.54 Å². The van der Waals surface area contributed by atoms with Crippen LogP contribution in [0, 0.1) is 0 Å². The minimum Gasteiger partial charge on any atom is -0.383 e. The van der Waals surface area contributed by atoms with Crippen molar-refractivity contribution in [3.05, 3.63) is 83.3 Å². The molecule has 2 N–H and O–H groups in total. The Kier molecular flexibility index (Phi) is 4.13. The van der Waals surface area contributed by atoms with E-state index >= 15 is 0 Å². The molecule has 5 rings (SSSR count). The summed E-state index contributed by atoms with van der Waals surface area (Å²) < 4.78 is 4.63. The fraction of sp³-hybridized carbons (Fsp3) is 0.0952. The van der Waals surface area contributed by atoms with Crippen molar-refractivity contribution in [2.24, 2.45) is 7.05 Å². The van der Waals surface area contributed by atoms with E-state index in [1.165, 1.54) is 11.0 Å². The number of hydrogen-bond donors (Lipinski definition) is 1. The number of aromatic nitrogens is 7. The summed E-state index contributed by atoms with van der Waals surface area (Å²) in [6, 6.07) is 17.2. The van der Waals surface area contributed by atoms with Gasteiger partial charge in [0, 0.05) is 12.6 Å². The van der Waals surface area contributed by atoms with Crippen molar-refractivity contribution in [1.82, 2.24) is 34.1 Å². The van der Waals surface area contributed by atoms with Crippen LogP contribution in [-0.4, -0.2) is 34.1 Å². The number of hydrogen-bond acceptors (Lipinski definition) is 6. The van der Waals surface area contributed by atoms with E-state index in [2.05, 4.69) is 20.2 Å². The van der Waals surface area contributed by atoms with Crippen LogP contribution in [0.5, 0.6) is 0 Å². The van der Waals surface area contributed by atoms with Crippen LogP contribution < -0.4 is 11.4 Å². The topological polar surface area (TPSA) is 109 Å². The molecule has 0 bridgehead atoms. The van der Waals surface area contributed by atoms with Gasteiger partial charge in [0.05, 0.1) is 17.6 Å². The summed E-state index contributed by atoms with van der Waals surface area (Å²) in [4.78, 5) is 21.1. The lowest BCUT2D eigenvalue weighted by molar-refractivity contribution is 0.738. The van der Waals surface area contributed by atoms with Gasteiger partial charge in [0.15, 0.2) is 5.65 Å². The Morgan fingerprint density at radius 3 is 2.53 bits per heavy atom. The average molecular weight is 398 g/mol. The summed E-state index contributed by atoms with van der Waals surface area (Å²) in [5.74, 6) is 0.378. The number of anilines is 1. The highest BCUT2D eigenvalue weighted by Gasteiger charge is 2.16. The Morgan fingerprint density at radius 2 is 1.77 bits per heavy atom. The van der Waals surface area contributed by atoms with Gasteiger partial charge in [-0.15, -0.1) is 0 Å². The first-order valence-corrected chi connectivity index (χ1v) is 9.34. The second kappa shape index (κ2) is 6.96. The van der Waals surface area contributed by atoms with E-state index < -0.39 is 0 Å². The molecule has 0 atom stereocenters. The third-order valence-electron chi connectivity index (χ3n) is 4.96. The van der Waals surface area contributed by atoms with E-state index in [4.69, 9.17) is 5.73 Å². The fourth-order valence-corrected chi connectivity index (χ4v) is 3.47. The van der Waals surface area contributed by atoms with Gasteiger partial charge >= 0.3 is 5.69 Å². The molecule has 30 heavy (non-hydrogen) atoms. The first-order chi connectivity index (χ1) is 14.6. The van der Waals surface area contributed by atoms with Gasteiger partial charge in [-0.05, 0) is 17.7 Å². The number of rotatable bonds is 4. The van der Waals surface area contributed by atoms with E-state index in [-0.39, 0.29) is 5.69 Å². The van der Waals surface area contributed by atoms with E-state index in [1.54, 1.807) is 15.6 Å². The number of aryl methyl sites for hydroxylation is 1. The molecule has 3 aromatic heterocycles. The van der Waals surface area contributed by atoms with Crippen molar-refractivity contribution >= 4 is 16.9 Å². The van der Waals surface area contributed by atoms with Crippen molar-refractivity contribution in [3.63, 3.8) is 0 Å². The summed E-state index contributed by atoms with van der Waals surface area (Å²) >= 11 is 0. The van der Waals surface area contributed by atoms with Crippen molar-refractivity contribution in [2.75, 3.05) is 5.73 Å². The molecule has 5 aromatic rings. The summed E-state index contributed by atoms with van der Waals surface area (Å²) in [6.45, 7) is 0.469. The Bertz CT molecular complexity index is 1400. The molecule has 9 nitrogen and oxygen atoms in total. The van der Waals surface area contributed by atoms with Crippen LogP contribution in [0.25, 0.3) is 28.0 Å². The molecule has 0 radical (unpaired) electrons. The molecule has 148 valence electrons. The van der Waals surface area contributed by atoms with Crippen LogP contribution in [0.3, 0.4) is 0 Å². The van der Waals surface area contributed by atoms with Gasteiger partial charge < -0.3 is 5.73 Å². The van der Waals surface area contributed by atoms with Gasteiger partial charge in [-0.25, -0.2) is 19.4 Å². The van der Waals surface area contributed by atoms with Crippen LogP contribution in [0.15, 0.2) is 72.0 Å². The van der Waals surface area contributed by atoms with Crippen LogP contribution in [0.2, 0.25) is 0 Å². The molecule has 0 amide bonds. The maximum Gasteiger partial charge on any atom is 0.350 e. The molecule has 0 unspecified atom stereocenters. The predicted molar refractivity (Wildman–Crippen MR) is 113 cm³/mol. The van der Waals surface area contributed by atoms with Crippen LogP contribution in [-0.2, 0) is 13.6 Å². The van der Waals surface area contributed by atoms with Gasteiger partial charge in [0.25, 0.3) is 0 Å². The normalized spacial score (nSPS) is 11.2. The Hall–Kier alpha value is -4.27. The minimum atomic E-state index is -0.201. The SMILES string of the molecule is Cn1nc(-c2ccc(-n3ncn(Cc4ccccc4)c3=O)cc2)c2c(N)ncnc21. The molecule has 3 heterocycles. The maximum absolute atomic E-state index is 12.8. The largest absolute Gasteiger partial charge is 0.383 e. The lowest BCUT2D eigenvalue weighted by Crippen LogP contribution is -2.24. The molecule has 0 aliphatic heterocycles. The standard InChI is InChI=1S/C21H18N8O/c1-27-20-17(19(22)23-12-24-20)18(26-27)15-7-9-16(10-8-15)29-21(30)28(13-25-29)11-14-5-3-2-4-6-14/h2-10,12-13H,11H2,1H3,(H2,22,23,24). The zero-order chi connectivity index (χ0) is 20.7. The Labute approximate surface area is 171 Å². The summed E-state index contributed by atoms with van der Waals surface area (Å²) in [7, 11) is 1.81. The third kappa shape index (κ3) is 2.93. The molecule has 0 spiro atoms. The molecule has 0 fully saturated rings. The van der Waals surface area contributed by atoms with E-state index in [1.807, 2.05) is 61.6 Å². The number of nitrogen functional groups attached to an aromatic ring is 1. The van der Waals surface area contributed by atoms with Gasteiger partial charge in [0.2, 0.25) is 0 Å². The van der Waals surface area contributed by atoms with Crippen molar-refractivity contribution in [1.29, 1.82) is 0 Å². The van der Waals surface area contributed by atoms with Crippen molar-refractivity contribution in [3.8, 4) is 16.9 Å². The van der Waals surface area contributed by atoms with Gasteiger partial charge in [-0.3, -0.25) is 4.57 Å². The maximum atomic E-state index is 12.8. The first kappa shape index (κ1) is 17.8. The molecule has 0 aliphatic rings. The second-order valence-corrected chi connectivity index (χ2v) is 6.92. The number of fused-ring (bicyclic) bond motifs is 1. The quantitative estimate of drug-likeness (QED) is 0.496. The van der Waals surface area contributed by atoms with Crippen LogP contribution in [0.1, 0.15) is 5.56 Å². The molecule has 2 aromatic carbocycles. The average Bonchev–Trinajstić information content (AvgIpc) is 3.30. The molecule has 9 heteroatoms. The summed E-state index contributed by atoms with van der Waals surface area (Å²) in [5, 5.41) is 9.50. The first-order valence-electron chi connectivity index (χ1n) is 9.34. The van der Waals surface area contributed by atoms with Crippen LogP contribution in [0.4, 0.5) is 5.82 Å². The monoisotopic (exact) mass is 398 g/mol. The zero-order valence-electron chi connectivity index (χ0n) is 16.2. The Morgan fingerprint density at radius 1 is 1.00 bits per heavy atom. The van der Waals surface area contributed by atoms with Gasteiger partial charge in [0.1, 0.15) is 24.2 Å². The fourth-order valence-electron chi connectivity index (χ4n) is 3.47. The van der Waals surface area contributed by atoms with E-state index in [0.717, 1.165) is 11.1 Å². The lowest BCUT2D eigenvalue weighted by atomic mass is 10.1.